The number of nitrogens with one attached hydrogen (secondary N) is 1. The molecule has 0 atom stereocenters. The number of hydrogen-bond acceptors (Lipinski definition) is 4. The molecule has 0 radical (unpaired) electrons. The van der Waals surface area contributed by atoms with Crippen LogP contribution in [0.3, 0.4) is 0 Å². The number of aryl methyl sites for hydroxylation is 2. The van der Waals surface area contributed by atoms with E-state index in [9.17, 15) is 19.5 Å². The van der Waals surface area contributed by atoms with E-state index in [0.717, 1.165) is 11.1 Å². The fourth-order valence-electron chi connectivity index (χ4n) is 3.49. The molecule has 152 valence electrons. The highest BCUT2D eigenvalue weighted by atomic mass is 16.5. The van der Waals surface area contributed by atoms with Crippen LogP contribution in [0.25, 0.3) is 0 Å². The van der Waals surface area contributed by atoms with Crippen LogP contribution in [0.5, 0.6) is 0 Å². The highest BCUT2D eigenvalue weighted by molar-refractivity contribution is 6.15. The highest BCUT2D eigenvalue weighted by Crippen LogP contribution is 2.30. The fourth-order valence-corrected chi connectivity index (χ4v) is 3.49. The van der Waals surface area contributed by atoms with E-state index in [4.69, 9.17) is 4.74 Å². The summed E-state index contributed by atoms with van der Waals surface area (Å²) in [4.78, 5) is 37.6. The summed E-state index contributed by atoms with van der Waals surface area (Å²) in [5, 5.41) is 12.4. The molecule has 0 aliphatic carbocycles. The van der Waals surface area contributed by atoms with Crippen molar-refractivity contribution in [2.45, 2.75) is 26.7 Å². The zero-order valence-corrected chi connectivity index (χ0v) is 16.7. The Labute approximate surface area is 169 Å². The van der Waals surface area contributed by atoms with Gasteiger partial charge in [-0.25, -0.2) is 0 Å². The lowest BCUT2D eigenvalue weighted by molar-refractivity contribution is -0.154. The molecule has 2 aromatic carbocycles. The van der Waals surface area contributed by atoms with E-state index in [1.54, 1.807) is 30.3 Å². The number of amides is 1. The second-order valence-electron chi connectivity index (χ2n) is 7.55. The second kappa shape index (κ2) is 8.57. The van der Waals surface area contributed by atoms with Gasteiger partial charge in [0.05, 0.1) is 11.0 Å². The van der Waals surface area contributed by atoms with Crippen LogP contribution >= 0.6 is 0 Å². The van der Waals surface area contributed by atoms with Crippen molar-refractivity contribution in [3.63, 3.8) is 0 Å². The van der Waals surface area contributed by atoms with Crippen LogP contribution in [0.4, 0.5) is 0 Å². The Balaban J connectivity index is 1.82. The van der Waals surface area contributed by atoms with E-state index in [0.29, 0.717) is 37.2 Å². The maximum Gasteiger partial charge on any atom is 0.311 e. The van der Waals surface area contributed by atoms with Gasteiger partial charge in [0.2, 0.25) is 0 Å². The molecule has 2 aromatic rings. The quantitative estimate of drug-likeness (QED) is 0.733. The zero-order chi connectivity index (χ0) is 21.0. The predicted molar refractivity (Wildman–Crippen MR) is 108 cm³/mol. The first-order chi connectivity index (χ1) is 13.8. The van der Waals surface area contributed by atoms with E-state index in [-0.39, 0.29) is 17.9 Å². The summed E-state index contributed by atoms with van der Waals surface area (Å²) in [6.45, 7) is 4.61. The first kappa shape index (κ1) is 20.7. The molecule has 0 aromatic heterocycles. The van der Waals surface area contributed by atoms with E-state index in [1.165, 1.54) is 0 Å². The van der Waals surface area contributed by atoms with Gasteiger partial charge in [-0.1, -0.05) is 30.3 Å². The number of carboxylic acids is 1. The Kier molecular flexibility index (Phi) is 6.13. The molecule has 1 fully saturated rings. The molecular weight excluding hydrogens is 370 g/mol. The first-order valence-electron chi connectivity index (χ1n) is 9.64. The average Bonchev–Trinajstić information content (AvgIpc) is 2.74. The molecule has 6 heteroatoms. The number of hydrogen-bond donors (Lipinski definition) is 2. The number of ketones is 1. The van der Waals surface area contributed by atoms with Gasteiger partial charge in [-0.3, -0.25) is 14.4 Å². The molecule has 1 amide bonds. The topological polar surface area (TPSA) is 92.7 Å². The van der Waals surface area contributed by atoms with Crippen LogP contribution < -0.4 is 5.32 Å². The van der Waals surface area contributed by atoms with Gasteiger partial charge in [0, 0.05) is 30.9 Å². The highest BCUT2D eigenvalue weighted by Gasteiger charge is 2.40. The molecule has 1 aliphatic rings. The molecule has 6 nitrogen and oxygen atoms in total. The molecule has 0 bridgehead atoms. The number of aliphatic carboxylic acids is 1. The molecule has 2 N–H and O–H groups in total. The minimum Gasteiger partial charge on any atom is -0.481 e. The number of carbonyl (C=O) groups excluding carboxylic acids is 2. The van der Waals surface area contributed by atoms with Crippen LogP contribution in [0.15, 0.2) is 42.5 Å². The Morgan fingerprint density at radius 1 is 1.00 bits per heavy atom. The summed E-state index contributed by atoms with van der Waals surface area (Å²) in [6, 6.07) is 12.0. The molecule has 0 unspecified atom stereocenters. The van der Waals surface area contributed by atoms with Gasteiger partial charge in [0.25, 0.3) is 5.91 Å². The maximum atomic E-state index is 13.0. The SMILES string of the molecule is Cc1ccc(C(=O)c2ccccc2C(=O)NCC2(C(=O)O)CCOCC2)cc1C. The molecule has 0 saturated carbocycles. The molecular formula is C23H25NO5. The van der Waals surface area contributed by atoms with Crippen LogP contribution in [-0.4, -0.2) is 42.5 Å². The van der Waals surface area contributed by atoms with Crippen molar-refractivity contribution in [2.75, 3.05) is 19.8 Å². The van der Waals surface area contributed by atoms with Gasteiger partial charge < -0.3 is 15.2 Å². The smallest absolute Gasteiger partial charge is 0.311 e. The van der Waals surface area contributed by atoms with Gasteiger partial charge in [-0.15, -0.1) is 0 Å². The van der Waals surface area contributed by atoms with E-state index < -0.39 is 17.3 Å². The Hall–Kier alpha value is -2.99. The second-order valence-corrected chi connectivity index (χ2v) is 7.55. The number of carbonyl (C=O) groups is 3. The third-order valence-corrected chi connectivity index (χ3v) is 5.68. The molecule has 0 spiro atoms. The molecule has 1 saturated heterocycles. The summed E-state index contributed by atoms with van der Waals surface area (Å²) >= 11 is 0. The van der Waals surface area contributed by atoms with Crippen molar-refractivity contribution in [2.24, 2.45) is 5.41 Å². The van der Waals surface area contributed by atoms with E-state index in [2.05, 4.69) is 5.32 Å². The first-order valence-corrected chi connectivity index (χ1v) is 9.64. The number of rotatable bonds is 6. The van der Waals surface area contributed by atoms with Crippen LogP contribution in [-0.2, 0) is 9.53 Å². The third-order valence-electron chi connectivity index (χ3n) is 5.68. The third kappa shape index (κ3) is 4.38. The van der Waals surface area contributed by atoms with Crippen molar-refractivity contribution in [1.29, 1.82) is 0 Å². The van der Waals surface area contributed by atoms with Crippen LogP contribution in [0, 0.1) is 19.3 Å². The normalized spacial score (nSPS) is 15.5. The average molecular weight is 395 g/mol. The number of benzene rings is 2. The van der Waals surface area contributed by atoms with Crippen molar-refractivity contribution in [3.8, 4) is 0 Å². The van der Waals surface area contributed by atoms with Crippen molar-refractivity contribution in [1.82, 2.24) is 5.32 Å². The molecule has 29 heavy (non-hydrogen) atoms. The minimum absolute atomic E-state index is 0.00328. The minimum atomic E-state index is -1.04. The van der Waals surface area contributed by atoms with Crippen molar-refractivity contribution in [3.05, 3.63) is 70.3 Å². The summed E-state index contributed by atoms with van der Waals surface area (Å²) in [6.07, 6.45) is 0.678. The Bertz CT molecular complexity index is 944. The Morgan fingerprint density at radius 2 is 1.66 bits per heavy atom. The largest absolute Gasteiger partial charge is 0.481 e. The number of ether oxygens (including phenoxy) is 1. The van der Waals surface area contributed by atoms with Crippen LogP contribution in [0.2, 0.25) is 0 Å². The van der Waals surface area contributed by atoms with Gasteiger partial charge in [-0.2, -0.15) is 0 Å². The zero-order valence-electron chi connectivity index (χ0n) is 16.7. The van der Waals surface area contributed by atoms with Crippen molar-refractivity contribution >= 4 is 17.7 Å². The lowest BCUT2D eigenvalue weighted by Crippen LogP contribution is -2.46. The van der Waals surface area contributed by atoms with Gasteiger partial charge in [0.15, 0.2) is 5.78 Å². The summed E-state index contributed by atoms with van der Waals surface area (Å²) in [5.74, 6) is -1.64. The van der Waals surface area contributed by atoms with Gasteiger partial charge in [0.1, 0.15) is 0 Å². The lowest BCUT2D eigenvalue weighted by Gasteiger charge is -2.33. The predicted octanol–water partition coefficient (Wildman–Crippen LogP) is 3.15. The van der Waals surface area contributed by atoms with Gasteiger partial charge in [-0.05, 0) is 49.9 Å². The monoisotopic (exact) mass is 395 g/mol. The van der Waals surface area contributed by atoms with Crippen molar-refractivity contribution < 1.29 is 24.2 Å². The molecule has 3 rings (SSSR count). The standard InChI is InChI=1S/C23H25NO5/c1-15-7-8-17(13-16(15)2)20(25)18-5-3-4-6-19(18)21(26)24-14-23(22(27)28)9-11-29-12-10-23/h3-8,13H,9-12,14H2,1-2H3,(H,24,26)(H,27,28). The fraction of sp³-hybridized carbons (Fsp3) is 0.348. The summed E-state index contributed by atoms with van der Waals surface area (Å²) in [5.41, 5.74) is 2.09. The number of carboxylic acid groups (broad SMARTS) is 1. The van der Waals surface area contributed by atoms with E-state index in [1.807, 2.05) is 26.0 Å². The Morgan fingerprint density at radius 3 is 2.28 bits per heavy atom. The maximum absolute atomic E-state index is 13.0. The van der Waals surface area contributed by atoms with Gasteiger partial charge >= 0.3 is 5.97 Å². The molecule has 1 heterocycles. The van der Waals surface area contributed by atoms with E-state index >= 15 is 0 Å². The lowest BCUT2D eigenvalue weighted by atomic mass is 9.80. The summed E-state index contributed by atoms with van der Waals surface area (Å²) in [7, 11) is 0. The molecule has 1 aliphatic heterocycles. The summed E-state index contributed by atoms with van der Waals surface area (Å²) < 4.78 is 5.26. The van der Waals surface area contributed by atoms with Crippen LogP contribution in [0.1, 0.15) is 50.2 Å².